The summed E-state index contributed by atoms with van der Waals surface area (Å²) in [7, 11) is 0. The summed E-state index contributed by atoms with van der Waals surface area (Å²) in [4.78, 5) is 28.8. The summed E-state index contributed by atoms with van der Waals surface area (Å²) in [6.45, 7) is 4.16. The second-order valence-corrected chi connectivity index (χ2v) is 5.29. The van der Waals surface area contributed by atoms with Gasteiger partial charge in [0.15, 0.2) is 0 Å². The predicted molar refractivity (Wildman–Crippen MR) is 79.8 cm³/mol. The van der Waals surface area contributed by atoms with Gasteiger partial charge in [0.1, 0.15) is 9.71 Å². The third-order valence-corrected chi connectivity index (χ3v) is 3.84. The van der Waals surface area contributed by atoms with Gasteiger partial charge in [-0.15, -0.1) is 11.3 Å². The van der Waals surface area contributed by atoms with Gasteiger partial charge < -0.3 is 16.4 Å². The molecule has 2 amide bonds. The van der Waals surface area contributed by atoms with Crippen molar-refractivity contribution in [2.75, 3.05) is 18.8 Å². The van der Waals surface area contributed by atoms with Crippen molar-refractivity contribution >= 4 is 39.1 Å². The maximum absolute atomic E-state index is 12.0. The molecule has 0 atom stereocenters. The SMILES string of the molecule is CCNC(=O)CNC(=O)c1sc2nc(C)ccc2c1N. The largest absolute Gasteiger partial charge is 0.397 e. The van der Waals surface area contributed by atoms with Crippen molar-refractivity contribution < 1.29 is 9.59 Å². The van der Waals surface area contributed by atoms with Crippen molar-refractivity contribution in [2.45, 2.75) is 13.8 Å². The number of nitrogens with one attached hydrogen (secondary N) is 2. The maximum Gasteiger partial charge on any atom is 0.264 e. The number of carbonyl (C=O) groups excluding carboxylic acids is 2. The van der Waals surface area contributed by atoms with Crippen LogP contribution in [0.5, 0.6) is 0 Å². The number of fused-ring (bicyclic) bond motifs is 1. The van der Waals surface area contributed by atoms with E-state index < -0.39 is 0 Å². The highest BCUT2D eigenvalue weighted by Crippen LogP contribution is 2.32. The topological polar surface area (TPSA) is 97.1 Å². The number of nitrogens with zero attached hydrogens (tertiary/aromatic N) is 1. The first-order valence-electron chi connectivity index (χ1n) is 6.23. The Morgan fingerprint density at radius 2 is 2.10 bits per heavy atom. The molecule has 0 aliphatic heterocycles. The molecule has 0 saturated heterocycles. The summed E-state index contributed by atoms with van der Waals surface area (Å²) < 4.78 is 0. The molecule has 0 bridgehead atoms. The molecular weight excluding hydrogens is 276 g/mol. The van der Waals surface area contributed by atoms with Crippen molar-refractivity contribution in [3.63, 3.8) is 0 Å². The van der Waals surface area contributed by atoms with Crippen molar-refractivity contribution in [1.82, 2.24) is 15.6 Å². The zero-order valence-corrected chi connectivity index (χ0v) is 12.1. The molecule has 0 unspecified atom stereocenters. The number of thiophene rings is 1. The van der Waals surface area contributed by atoms with Crippen LogP contribution in [0.4, 0.5) is 5.69 Å². The zero-order valence-electron chi connectivity index (χ0n) is 11.3. The minimum absolute atomic E-state index is 0.0627. The molecule has 2 heterocycles. The number of hydrogen-bond donors (Lipinski definition) is 3. The highest BCUT2D eigenvalue weighted by Gasteiger charge is 2.17. The summed E-state index contributed by atoms with van der Waals surface area (Å²) in [5, 5.41) is 5.93. The molecule has 0 fully saturated rings. The Labute approximate surface area is 120 Å². The molecule has 4 N–H and O–H groups in total. The second-order valence-electron chi connectivity index (χ2n) is 4.29. The lowest BCUT2D eigenvalue weighted by Crippen LogP contribution is -2.36. The van der Waals surface area contributed by atoms with Gasteiger partial charge in [0.05, 0.1) is 12.2 Å². The van der Waals surface area contributed by atoms with E-state index in [1.165, 1.54) is 11.3 Å². The highest BCUT2D eigenvalue weighted by atomic mass is 32.1. The van der Waals surface area contributed by atoms with Crippen molar-refractivity contribution in [3.8, 4) is 0 Å². The number of nitrogens with two attached hydrogens (primary N) is 1. The second kappa shape index (κ2) is 5.87. The lowest BCUT2D eigenvalue weighted by Gasteiger charge is -2.04. The van der Waals surface area contributed by atoms with Crippen molar-refractivity contribution in [2.24, 2.45) is 0 Å². The predicted octanol–water partition coefficient (Wildman–Crippen LogP) is 1.05. The molecule has 0 spiro atoms. The minimum Gasteiger partial charge on any atom is -0.397 e. The quantitative estimate of drug-likeness (QED) is 0.784. The molecule has 7 heteroatoms. The van der Waals surface area contributed by atoms with E-state index in [1.54, 1.807) is 0 Å². The number of carbonyl (C=O) groups is 2. The number of likely N-dealkylation sites (N-methyl/N-ethyl adjacent to an activating group) is 1. The lowest BCUT2D eigenvalue weighted by molar-refractivity contribution is -0.120. The minimum atomic E-state index is -0.352. The van der Waals surface area contributed by atoms with E-state index in [0.717, 1.165) is 15.9 Å². The van der Waals surface area contributed by atoms with E-state index in [0.29, 0.717) is 17.1 Å². The van der Waals surface area contributed by atoms with Crippen LogP contribution >= 0.6 is 11.3 Å². The normalized spacial score (nSPS) is 10.5. The highest BCUT2D eigenvalue weighted by molar-refractivity contribution is 7.21. The fourth-order valence-corrected chi connectivity index (χ4v) is 2.81. The average Bonchev–Trinajstić information content (AvgIpc) is 2.73. The average molecular weight is 292 g/mol. The molecule has 0 radical (unpaired) electrons. The first-order valence-corrected chi connectivity index (χ1v) is 7.05. The molecule has 0 aromatic carbocycles. The number of anilines is 1. The number of hydrogen-bond acceptors (Lipinski definition) is 5. The third-order valence-electron chi connectivity index (χ3n) is 2.72. The standard InChI is InChI=1S/C13H16N4O2S/c1-3-15-9(18)6-16-12(19)11-10(14)8-5-4-7(2)17-13(8)20-11/h4-5H,3,6,14H2,1-2H3,(H,15,18)(H,16,19). The first-order chi connectivity index (χ1) is 9.52. The van der Waals surface area contributed by atoms with Gasteiger partial charge in [0.2, 0.25) is 5.91 Å². The van der Waals surface area contributed by atoms with E-state index in [1.807, 2.05) is 26.0 Å². The summed E-state index contributed by atoms with van der Waals surface area (Å²) in [6.07, 6.45) is 0. The van der Waals surface area contributed by atoms with Crippen LogP contribution in [0.2, 0.25) is 0 Å². The summed E-state index contributed by atoms with van der Waals surface area (Å²) in [6, 6.07) is 3.70. The number of rotatable bonds is 4. The Balaban J connectivity index is 2.18. The maximum atomic E-state index is 12.0. The summed E-state index contributed by atoms with van der Waals surface area (Å²) >= 11 is 1.23. The molecule has 2 aromatic heterocycles. The molecule has 0 saturated carbocycles. The van der Waals surface area contributed by atoms with Gasteiger partial charge in [-0.2, -0.15) is 0 Å². The fourth-order valence-electron chi connectivity index (χ4n) is 1.76. The van der Waals surface area contributed by atoms with E-state index in [9.17, 15) is 9.59 Å². The van der Waals surface area contributed by atoms with Crippen LogP contribution in [0.3, 0.4) is 0 Å². The number of pyridine rings is 1. The summed E-state index contributed by atoms with van der Waals surface area (Å²) in [5.74, 6) is -0.580. The van der Waals surface area contributed by atoms with Gasteiger partial charge in [0, 0.05) is 17.6 Å². The van der Waals surface area contributed by atoms with Crippen LogP contribution in [0.25, 0.3) is 10.2 Å². The Hall–Kier alpha value is -2.15. The number of aromatic nitrogens is 1. The molecular formula is C13H16N4O2S. The van der Waals surface area contributed by atoms with E-state index in [-0.39, 0.29) is 18.4 Å². The van der Waals surface area contributed by atoms with Gasteiger partial charge in [-0.3, -0.25) is 9.59 Å². The smallest absolute Gasteiger partial charge is 0.264 e. The lowest BCUT2D eigenvalue weighted by atomic mass is 10.2. The first kappa shape index (κ1) is 14.3. The fraction of sp³-hybridized carbons (Fsp3) is 0.308. The molecule has 106 valence electrons. The Morgan fingerprint density at radius 3 is 2.80 bits per heavy atom. The van der Waals surface area contributed by atoms with Crippen LogP contribution in [-0.2, 0) is 4.79 Å². The monoisotopic (exact) mass is 292 g/mol. The molecule has 0 aliphatic carbocycles. The van der Waals surface area contributed by atoms with E-state index >= 15 is 0 Å². The van der Waals surface area contributed by atoms with Gasteiger partial charge in [0.25, 0.3) is 5.91 Å². The molecule has 2 aromatic rings. The van der Waals surface area contributed by atoms with E-state index in [4.69, 9.17) is 5.73 Å². The third kappa shape index (κ3) is 2.88. The van der Waals surface area contributed by atoms with Gasteiger partial charge >= 0.3 is 0 Å². The van der Waals surface area contributed by atoms with Crippen LogP contribution in [0.1, 0.15) is 22.3 Å². The van der Waals surface area contributed by atoms with Crippen LogP contribution in [0.15, 0.2) is 12.1 Å². The number of aryl methyl sites for hydroxylation is 1. The van der Waals surface area contributed by atoms with Crippen LogP contribution in [0, 0.1) is 6.92 Å². The molecule has 6 nitrogen and oxygen atoms in total. The van der Waals surface area contributed by atoms with E-state index in [2.05, 4.69) is 15.6 Å². The number of nitrogen functional groups attached to an aromatic ring is 1. The molecule has 2 rings (SSSR count). The van der Waals surface area contributed by atoms with Gasteiger partial charge in [-0.25, -0.2) is 4.98 Å². The molecule has 20 heavy (non-hydrogen) atoms. The summed E-state index contributed by atoms with van der Waals surface area (Å²) in [5.41, 5.74) is 7.24. The zero-order chi connectivity index (χ0) is 14.7. The van der Waals surface area contributed by atoms with Crippen molar-refractivity contribution in [1.29, 1.82) is 0 Å². The molecule has 0 aliphatic rings. The number of amides is 2. The van der Waals surface area contributed by atoms with Crippen molar-refractivity contribution in [3.05, 3.63) is 22.7 Å². The Morgan fingerprint density at radius 1 is 1.35 bits per heavy atom. The Bertz CT molecular complexity index is 666. The van der Waals surface area contributed by atoms with Gasteiger partial charge in [-0.05, 0) is 26.0 Å². The van der Waals surface area contributed by atoms with Crippen LogP contribution in [-0.4, -0.2) is 29.9 Å². The Kier molecular flexibility index (Phi) is 4.19. The van der Waals surface area contributed by atoms with Crippen LogP contribution < -0.4 is 16.4 Å². The van der Waals surface area contributed by atoms with Gasteiger partial charge in [-0.1, -0.05) is 0 Å².